The number of allylic oxidation sites excluding steroid dienone is 1. The lowest BCUT2D eigenvalue weighted by Crippen LogP contribution is -2.21. The van der Waals surface area contributed by atoms with Gasteiger partial charge in [0, 0.05) is 0 Å². The van der Waals surface area contributed by atoms with Crippen molar-refractivity contribution in [3.8, 4) is 0 Å². The van der Waals surface area contributed by atoms with E-state index in [4.69, 9.17) is 4.18 Å². The molecule has 3 nitrogen and oxygen atoms in total. The van der Waals surface area contributed by atoms with Gasteiger partial charge in [-0.15, -0.1) is 0 Å². The second-order valence-electron chi connectivity index (χ2n) is 4.63. The van der Waals surface area contributed by atoms with Crippen molar-refractivity contribution in [2.75, 3.05) is 6.26 Å². The van der Waals surface area contributed by atoms with Gasteiger partial charge in [0.25, 0.3) is 10.1 Å². The third kappa shape index (κ3) is 8.26. The van der Waals surface area contributed by atoms with Crippen LogP contribution in [0.15, 0.2) is 12.2 Å². The minimum atomic E-state index is -3.37. The van der Waals surface area contributed by atoms with Crippen LogP contribution in [-0.2, 0) is 14.3 Å². The van der Waals surface area contributed by atoms with Crippen LogP contribution in [0.1, 0.15) is 34.1 Å². The quantitative estimate of drug-likeness (QED) is 0.539. The molecule has 0 saturated carbocycles. The highest BCUT2D eigenvalue weighted by atomic mass is 32.2. The van der Waals surface area contributed by atoms with E-state index in [0.29, 0.717) is 6.42 Å². The standard InChI is InChI=1S/C10H20O3S/c1-6-7-9(8-10(2,3)4)13-14(5,11)12/h6-7,9H,8H2,1-5H3/b7-6+. The highest BCUT2D eigenvalue weighted by molar-refractivity contribution is 7.86. The largest absolute Gasteiger partial charge is 0.264 e. The Bertz CT molecular complexity index is 283. The van der Waals surface area contributed by atoms with Crippen LogP contribution in [0.5, 0.6) is 0 Å². The lowest BCUT2D eigenvalue weighted by Gasteiger charge is -2.22. The van der Waals surface area contributed by atoms with Crippen molar-refractivity contribution in [2.45, 2.75) is 40.2 Å². The van der Waals surface area contributed by atoms with Crippen LogP contribution in [-0.4, -0.2) is 20.8 Å². The SMILES string of the molecule is C/C=C/C(CC(C)(C)C)OS(C)(=O)=O. The number of rotatable bonds is 4. The summed E-state index contributed by atoms with van der Waals surface area (Å²) in [7, 11) is -3.37. The fourth-order valence-corrected chi connectivity index (χ4v) is 1.76. The van der Waals surface area contributed by atoms with Gasteiger partial charge in [-0.2, -0.15) is 8.42 Å². The van der Waals surface area contributed by atoms with Gasteiger partial charge in [0.1, 0.15) is 0 Å². The van der Waals surface area contributed by atoms with Gasteiger partial charge in [0.2, 0.25) is 0 Å². The van der Waals surface area contributed by atoms with Crippen molar-refractivity contribution < 1.29 is 12.6 Å². The third-order valence-corrected chi connectivity index (χ3v) is 2.12. The van der Waals surface area contributed by atoms with Crippen LogP contribution in [0.4, 0.5) is 0 Å². The smallest absolute Gasteiger partial charge is 0.263 e. The maximum absolute atomic E-state index is 10.9. The summed E-state index contributed by atoms with van der Waals surface area (Å²) in [5, 5.41) is 0. The van der Waals surface area contributed by atoms with Crippen molar-refractivity contribution >= 4 is 10.1 Å². The van der Waals surface area contributed by atoms with Gasteiger partial charge in [-0.3, -0.25) is 4.18 Å². The first-order valence-electron chi connectivity index (χ1n) is 4.65. The van der Waals surface area contributed by atoms with Gasteiger partial charge < -0.3 is 0 Å². The minimum absolute atomic E-state index is 0.0505. The Labute approximate surface area is 87.3 Å². The zero-order chi connectivity index (χ0) is 11.4. The third-order valence-electron chi connectivity index (χ3n) is 1.52. The van der Waals surface area contributed by atoms with Crippen LogP contribution in [0.2, 0.25) is 0 Å². The maximum Gasteiger partial charge on any atom is 0.264 e. The van der Waals surface area contributed by atoms with Gasteiger partial charge >= 0.3 is 0 Å². The van der Waals surface area contributed by atoms with Crippen molar-refractivity contribution in [3.05, 3.63) is 12.2 Å². The van der Waals surface area contributed by atoms with E-state index in [2.05, 4.69) is 20.8 Å². The van der Waals surface area contributed by atoms with Crippen LogP contribution < -0.4 is 0 Å². The second kappa shape index (κ2) is 4.94. The average Bonchev–Trinajstić information content (AvgIpc) is 1.78. The summed E-state index contributed by atoms with van der Waals surface area (Å²) in [4.78, 5) is 0. The topological polar surface area (TPSA) is 43.4 Å². The monoisotopic (exact) mass is 220 g/mol. The predicted molar refractivity (Wildman–Crippen MR) is 58.6 cm³/mol. The Balaban J connectivity index is 4.47. The predicted octanol–water partition coefficient (Wildman–Crippen LogP) is 2.34. The van der Waals surface area contributed by atoms with Gasteiger partial charge in [0.05, 0.1) is 12.4 Å². The molecule has 0 aromatic heterocycles. The fraction of sp³-hybridized carbons (Fsp3) is 0.800. The summed E-state index contributed by atoms with van der Waals surface area (Å²) in [6, 6.07) is 0. The van der Waals surface area contributed by atoms with E-state index in [-0.39, 0.29) is 11.5 Å². The van der Waals surface area contributed by atoms with E-state index >= 15 is 0 Å². The zero-order valence-electron chi connectivity index (χ0n) is 9.57. The zero-order valence-corrected chi connectivity index (χ0v) is 10.4. The molecule has 0 saturated heterocycles. The molecule has 0 rings (SSSR count). The van der Waals surface area contributed by atoms with Crippen LogP contribution in [0, 0.1) is 5.41 Å². The lowest BCUT2D eigenvalue weighted by atomic mass is 9.89. The minimum Gasteiger partial charge on any atom is -0.263 e. The van der Waals surface area contributed by atoms with E-state index in [1.807, 2.05) is 13.0 Å². The summed E-state index contributed by atoms with van der Waals surface area (Å²) in [6.45, 7) is 8.00. The van der Waals surface area contributed by atoms with Crippen LogP contribution in [0.3, 0.4) is 0 Å². The molecule has 4 heteroatoms. The highest BCUT2D eigenvalue weighted by Crippen LogP contribution is 2.23. The summed E-state index contributed by atoms with van der Waals surface area (Å²) in [5.74, 6) is 0. The lowest BCUT2D eigenvalue weighted by molar-refractivity contribution is 0.191. The molecule has 84 valence electrons. The molecule has 0 heterocycles. The molecule has 0 spiro atoms. The Morgan fingerprint density at radius 1 is 1.36 bits per heavy atom. The first-order valence-corrected chi connectivity index (χ1v) is 6.47. The first kappa shape index (κ1) is 13.7. The Kier molecular flexibility index (Phi) is 4.81. The van der Waals surface area contributed by atoms with E-state index in [1.165, 1.54) is 0 Å². The Hall–Kier alpha value is -0.350. The van der Waals surface area contributed by atoms with Crippen LogP contribution in [0.25, 0.3) is 0 Å². The normalized spacial score (nSPS) is 16.1. The summed E-state index contributed by atoms with van der Waals surface area (Å²) < 4.78 is 26.8. The molecule has 1 unspecified atom stereocenters. The molecular weight excluding hydrogens is 200 g/mol. The van der Waals surface area contributed by atoms with Gasteiger partial charge in [-0.25, -0.2) is 0 Å². The van der Waals surface area contributed by atoms with Crippen molar-refractivity contribution in [2.24, 2.45) is 5.41 Å². The van der Waals surface area contributed by atoms with E-state index in [9.17, 15) is 8.42 Å². The summed E-state index contributed by atoms with van der Waals surface area (Å²) >= 11 is 0. The number of hydrogen-bond donors (Lipinski definition) is 0. The van der Waals surface area contributed by atoms with E-state index in [0.717, 1.165) is 6.26 Å². The molecule has 14 heavy (non-hydrogen) atoms. The van der Waals surface area contributed by atoms with E-state index < -0.39 is 10.1 Å². The molecule has 0 N–H and O–H groups in total. The average molecular weight is 220 g/mol. The van der Waals surface area contributed by atoms with Crippen molar-refractivity contribution in [3.63, 3.8) is 0 Å². The summed E-state index contributed by atoms with van der Waals surface area (Å²) in [6.07, 6.45) is 4.99. The molecule has 0 aromatic carbocycles. The molecule has 0 aromatic rings. The van der Waals surface area contributed by atoms with Crippen molar-refractivity contribution in [1.82, 2.24) is 0 Å². The molecule has 0 fully saturated rings. The molecular formula is C10H20O3S. The van der Waals surface area contributed by atoms with Gasteiger partial charge in [-0.05, 0) is 18.8 Å². The second-order valence-corrected chi connectivity index (χ2v) is 6.23. The molecule has 0 aliphatic rings. The Morgan fingerprint density at radius 2 is 1.86 bits per heavy atom. The molecule has 1 atom stereocenters. The molecule has 0 radical (unpaired) electrons. The Morgan fingerprint density at radius 3 is 2.14 bits per heavy atom. The first-order chi connectivity index (χ1) is 6.14. The molecule has 0 aliphatic carbocycles. The highest BCUT2D eigenvalue weighted by Gasteiger charge is 2.20. The van der Waals surface area contributed by atoms with Crippen LogP contribution >= 0.6 is 0 Å². The summed E-state index contributed by atoms with van der Waals surface area (Å²) in [5.41, 5.74) is 0.0505. The molecule has 0 aliphatic heterocycles. The molecule has 0 bridgehead atoms. The fourth-order valence-electron chi connectivity index (χ4n) is 1.18. The number of hydrogen-bond acceptors (Lipinski definition) is 3. The van der Waals surface area contributed by atoms with Gasteiger partial charge in [0.15, 0.2) is 0 Å². The van der Waals surface area contributed by atoms with E-state index in [1.54, 1.807) is 6.08 Å². The van der Waals surface area contributed by atoms with Crippen molar-refractivity contribution in [1.29, 1.82) is 0 Å². The maximum atomic E-state index is 10.9. The molecule has 0 amide bonds. The van der Waals surface area contributed by atoms with Gasteiger partial charge in [-0.1, -0.05) is 32.9 Å².